The zero-order valence-corrected chi connectivity index (χ0v) is 10.8. The van der Waals surface area contributed by atoms with E-state index in [-0.39, 0.29) is 5.82 Å². The topological polar surface area (TPSA) is 56.7 Å². The first-order chi connectivity index (χ1) is 8.67. The quantitative estimate of drug-likeness (QED) is 0.927. The lowest BCUT2D eigenvalue weighted by atomic mass is 10.2. The van der Waals surface area contributed by atoms with Crippen molar-refractivity contribution in [3.05, 3.63) is 34.9 Å². The first-order valence-corrected chi connectivity index (χ1v) is 6.12. The highest BCUT2D eigenvalue weighted by atomic mass is 35.5. The molecular formula is C12H14ClFN4. The van der Waals surface area contributed by atoms with E-state index in [1.165, 1.54) is 12.1 Å². The van der Waals surface area contributed by atoms with E-state index in [4.69, 9.17) is 17.3 Å². The van der Waals surface area contributed by atoms with Crippen LogP contribution >= 0.6 is 11.6 Å². The van der Waals surface area contributed by atoms with Crippen molar-refractivity contribution in [3.63, 3.8) is 0 Å². The van der Waals surface area contributed by atoms with Crippen molar-refractivity contribution in [2.75, 3.05) is 0 Å². The summed E-state index contributed by atoms with van der Waals surface area (Å²) >= 11 is 6.04. The summed E-state index contributed by atoms with van der Waals surface area (Å²) in [4.78, 5) is 0. The number of nitrogens with two attached hydrogens (primary N) is 1. The predicted molar refractivity (Wildman–Crippen MR) is 68.6 cm³/mol. The summed E-state index contributed by atoms with van der Waals surface area (Å²) in [6.45, 7) is 3.12. The van der Waals surface area contributed by atoms with Crippen LogP contribution in [-0.2, 0) is 13.1 Å². The Morgan fingerprint density at radius 1 is 1.39 bits per heavy atom. The highest BCUT2D eigenvalue weighted by molar-refractivity contribution is 6.33. The molecule has 2 rings (SSSR count). The van der Waals surface area contributed by atoms with Gasteiger partial charge in [-0.05, 0) is 24.6 Å². The standard InChI is InChI=1S/C12H14ClFN4/c1-2-5-18-11(7-15)16-17-12(18)9-4-3-8(14)6-10(9)13/h3-4,6H,2,5,7,15H2,1H3. The van der Waals surface area contributed by atoms with Gasteiger partial charge in [0.05, 0.1) is 11.6 Å². The lowest BCUT2D eigenvalue weighted by Crippen LogP contribution is -2.09. The normalized spacial score (nSPS) is 10.9. The molecule has 0 spiro atoms. The minimum Gasteiger partial charge on any atom is -0.324 e. The van der Waals surface area contributed by atoms with Crippen LogP contribution in [0, 0.1) is 5.82 Å². The van der Waals surface area contributed by atoms with Gasteiger partial charge in [-0.15, -0.1) is 10.2 Å². The fourth-order valence-electron chi connectivity index (χ4n) is 1.81. The summed E-state index contributed by atoms with van der Waals surface area (Å²) in [7, 11) is 0. The van der Waals surface area contributed by atoms with Crippen LogP contribution in [0.15, 0.2) is 18.2 Å². The molecule has 0 radical (unpaired) electrons. The number of hydrogen-bond acceptors (Lipinski definition) is 3. The average Bonchev–Trinajstić information content (AvgIpc) is 2.73. The van der Waals surface area contributed by atoms with Gasteiger partial charge in [-0.3, -0.25) is 0 Å². The highest BCUT2D eigenvalue weighted by Gasteiger charge is 2.15. The lowest BCUT2D eigenvalue weighted by molar-refractivity contribution is 0.627. The molecule has 0 amide bonds. The molecule has 0 aliphatic rings. The van der Waals surface area contributed by atoms with Crippen LogP contribution in [0.2, 0.25) is 5.02 Å². The van der Waals surface area contributed by atoms with Gasteiger partial charge in [0, 0.05) is 12.1 Å². The van der Waals surface area contributed by atoms with Crippen molar-refractivity contribution in [3.8, 4) is 11.4 Å². The number of rotatable bonds is 4. The van der Waals surface area contributed by atoms with Crippen molar-refractivity contribution in [2.24, 2.45) is 5.73 Å². The van der Waals surface area contributed by atoms with Crippen molar-refractivity contribution in [1.29, 1.82) is 0 Å². The molecule has 1 heterocycles. The Balaban J connectivity index is 2.52. The van der Waals surface area contributed by atoms with Crippen LogP contribution in [-0.4, -0.2) is 14.8 Å². The SMILES string of the molecule is CCCn1c(CN)nnc1-c1ccc(F)cc1Cl. The molecule has 18 heavy (non-hydrogen) atoms. The second-order valence-electron chi connectivity index (χ2n) is 3.92. The van der Waals surface area contributed by atoms with E-state index in [9.17, 15) is 4.39 Å². The molecule has 96 valence electrons. The van der Waals surface area contributed by atoms with E-state index in [2.05, 4.69) is 17.1 Å². The molecule has 0 saturated carbocycles. The molecule has 1 aromatic heterocycles. The summed E-state index contributed by atoms with van der Waals surface area (Å²) in [6.07, 6.45) is 0.927. The van der Waals surface area contributed by atoms with Crippen molar-refractivity contribution in [1.82, 2.24) is 14.8 Å². The average molecular weight is 269 g/mol. The van der Waals surface area contributed by atoms with Crippen molar-refractivity contribution >= 4 is 11.6 Å². The molecule has 0 atom stereocenters. The maximum atomic E-state index is 13.0. The second kappa shape index (κ2) is 5.46. The van der Waals surface area contributed by atoms with Crippen LogP contribution in [0.25, 0.3) is 11.4 Å². The molecule has 0 unspecified atom stereocenters. The molecule has 2 N–H and O–H groups in total. The van der Waals surface area contributed by atoms with E-state index >= 15 is 0 Å². The van der Waals surface area contributed by atoms with Gasteiger partial charge < -0.3 is 10.3 Å². The molecule has 0 aliphatic heterocycles. The van der Waals surface area contributed by atoms with Gasteiger partial charge in [0.1, 0.15) is 11.6 Å². The van der Waals surface area contributed by atoms with Gasteiger partial charge in [0.2, 0.25) is 0 Å². The first kappa shape index (κ1) is 13.0. The Bertz CT molecular complexity index is 553. The molecular weight excluding hydrogens is 255 g/mol. The van der Waals surface area contributed by atoms with Crippen LogP contribution in [0.4, 0.5) is 4.39 Å². The lowest BCUT2D eigenvalue weighted by Gasteiger charge is -2.09. The van der Waals surface area contributed by atoms with Gasteiger partial charge >= 0.3 is 0 Å². The predicted octanol–water partition coefficient (Wildman–Crippen LogP) is 2.61. The van der Waals surface area contributed by atoms with Gasteiger partial charge in [-0.25, -0.2) is 4.39 Å². The smallest absolute Gasteiger partial charge is 0.165 e. The highest BCUT2D eigenvalue weighted by Crippen LogP contribution is 2.27. The third-order valence-corrected chi connectivity index (χ3v) is 2.94. The van der Waals surface area contributed by atoms with Crippen molar-refractivity contribution < 1.29 is 4.39 Å². The van der Waals surface area contributed by atoms with Gasteiger partial charge in [0.15, 0.2) is 5.82 Å². The Morgan fingerprint density at radius 3 is 2.78 bits per heavy atom. The van der Waals surface area contributed by atoms with Crippen molar-refractivity contribution in [2.45, 2.75) is 26.4 Å². The van der Waals surface area contributed by atoms with E-state index in [1.54, 1.807) is 6.07 Å². The third-order valence-electron chi connectivity index (χ3n) is 2.63. The number of aromatic nitrogens is 3. The summed E-state index contributed by atoms with van der Waals surface area (Å²) < 4.78 is 15.0. The van der Waals surface area contributed by atoms with Crippen LogP contribution in [0.3, 0.4) is 0 Å². The summed E-state index contributed by atoms with van der Waals surface area (Å²) in [5.74, 6) is 0.957. The molecule has 0 fully saturated rings. The number of benzene rings is 1. The number of nitrogens with zero attached hydrogens (tertiary/aromatic N) is 3. The largest absolute Gasteiger partial charge is 0.324 e. The third kappa shape index (κ3) is 2.37. The maximum absolute atomic E-state index is 13.0. The Hall–Kier alpha value is -1.46. The minimum absolute atomic E-state index is 0.311. The van der Waals surface area contributed by atoms with E-state index in [0.717, 1.165) is 13.0 Å². The monoisotopic (exact) mass is 268 g/mol. The fourth-order valence-corrected chi connectivity index (χ4v) is 2.07. The van der Waals surface area contributed by atoms with E-state index in [0.29, 0.717) is 28.8 Å². The molecule has 0 aliphatic carbocycles. The zero-order chi connectivity index (χ0) is 13.1. The van der Waals surface area contributed by atoms with Gasteiger partial charge in [0.25, 0.3) is 0 Å². The maximum Gasteiger partial charge on any atom is 0.165 e. The van der Waals surface area contributed by atoms with Gasteiger partial charge in [-0.1, -0.05) is 18.5 Å². The molecule has 6 heteroatoms. The molecule has 0 bridgehead atoms. The van der Waals surface area contributed by atoms with Gasteiger partial charge in [-0.2, -0.15) is 0 Å². The number of halogens is 2. The summed E-state index contributed by atoms with van der Waals surface area (Å²) in [5.41, 5.74) is 6.28. The summed E-state index contributed by atoms with van der Waals surface area (Å²) in [5, 5.41) is 8.44. The second-order valence-corrected chi connectivity index (χ2v) is 4.33. The molecule has 4 nitrogen and oxygen atoms in total. The molecule has 2 aromatic rings. The molecule has 0 saturated heterocycles. The Labute approximate surface area is 110 Å². The fraction of sp³-hybridized carbons (Fsp3) is 0.333. The van der Waals surface area contributed by atoms with Crippen LogP contribution < -0.4 is 5.73 Å². The van der Waals surface area contributed by atoms with Crippen LogP contribution in [0.1, 0.15) is 19.2 Å². The number of hydrogen-bond donors (Lipinski definition) is 1. The summed E-state index contributed by atoms with van der Waals surface area (Å²) in [6, 6.07) is 4.23. The Kier molecular flexibility index (Phi) is 3.93. The Morgan fingerprint density at radius 2 is 2.17 bits per heavy atom. The van der Waals surface area contributed by atoms with E-state index < -0.39 is 0 Å². The molecule has 1 aromatic carbocycles. The van der Waals surface area contributed by atoms with Crippen LogP contribution in [0.5, 0.6) is 0 Å². The minimum atomic E-state index is -0.371. The zero-order valence-electron chi connectivity index (χ0n) is 10.0. The first-order valence-electron chi connectivity index (χ1n) is 5.75. The van der Waals surface area contributed by atoms with E-state index in [1.807, 2.05) is 4.57 Å².